The van der Waals surface area contributed by atoms with Gasteiger partial charge in [-0.2, -0.15) is 0 Å². The molecular formula is C13H22N2O3. The topological polar surface area (TPSA) is 60.9 Å². The number of hydrogen-bond acceptors (Lipinski definition) is 3. The Labute approximate surface area is 108 Å². The van der Waals surface area contributed by atoms with Crippen LogP contribution in [-0.2, 0) is 9.59 Å². The summed E-state index contributed by atoms with van der Waals surface area (Å²) in [5.74, 6) is -1.16. The first-order valence-electron chi connectivity index (χ1n) is 6.66. The van der Waals surface area contributed by atoms with Gasteiger partial charge < -0.3 is 14.9 Å². The van der Waals surface area contributed by atoms with Gasteiger partial charge in [0.2, 0.25) is 5.91 Å². The quantitative estimate of drug-likeness (QED) is 0.754. The van der Waals surface area contributed by atoms with Gasteiger partial charge in [-0.05, 0) is 39.3 Å². The van der Waals surface area contributed by atoms with Crippen LogP contribution in [0.1, 0.15) is 32.1 Å². The van der Waals surface area contributed by atoms with Gasteiger partial charge in [0.15, 0.2) is 0 Å². The lowest BCUT2D eigenvalue weighted by Gasteiger charge is -2.39. The standard InChI is InChI=1S/C13H22N2O3/c1-14-8-3-5-10(14)9-15(2)11(16)13(12(17)18)6-4-7-13/h10H,3-9H2,1-2H3,(H,17,18). The summed E-state index contributed by atoms with van der Waals surface area (Å²) in [6.07, 6.45) is 4.08. The highest BCUT2D eigenvalue weighted by Crippen LogP contribution is 2.42. The fourth-order valence-corrected chi connectivity index (χ4v) is 3.02. The molecule has 1 unspecified atom stereocenters. The van der Waals surface area contributed by atoms with Gasteiger partial charge in [0.25, 0.3) is 0 Å². The first kappa shape index (κ1) is 13.3. The highest BCUT2D eigenvalue weighted by molar-refractivity contribution is 6.02. The van der Waals surface area contributed by atoms with E-state index in [2.05, 4.69) is 11.9 Å². The number of hydrogen-bond donors (Lipinski definition) is 1. The van der Waals surface area contributed by atoms with Gasteiger partial charge in [0.05, 0.1) is 0 Å². The van der Waals surface area contributed by atoms with E-state index in [4.69, 9.17) is 0 Å². The Morgan fingerprint density at radius 3 is 2.44 bits per heavy atom. The molecule has 0 spiro atoms. The average Bonchev–Trinajstić information content (AvgIpc) is 2.62. The Hall–Kier alpha value is -1.10. The second kappa shape index (κ2) is 4.88. The van der Waals surface area contributed by atoms with Crippen molar-refractivity contribution in [3.63, 3.8) is 0 Å². The summed E-state index contributed by atoms with van der Waals surface area (Å²) in [7, 11) is 3.80. The van der Waals surface area contributed by atoms with E-state index >= 15 is 0 Å². The third-order valence-corrected chi connectivity index (χ3v) is 4.53. The molecule has 1 saturated heterocycles. The summed E-state index contributed by atoms with van der Waals surface area (Å²) >= 11 is 0. The van der Waals surface area contributed by atoms with E-state index in [9.17, 15) is 14.7 Å². The van der Waals surface area contributed by atoms with Crippen molar-refractivity contribution in [2.45, 2.75) is 38.1 Å². The zero-order chi connectivity index (χ0) is 13.3. The van der Waals surface area contributed by atoms with Gasteiger partial charge in [-0.25, -0.2) is 0 Å². The van der Waals surface area contributed by atoms with E-state index in [1.165, 1.54) is 0 Å². The summed E-state index contributed by atoms with van der Waals surface area (Å²) in [5.41, 5.74) is -1.12. The minimum Gasteiger partial charge on any atom is -0.480 e. The normalized spacial score (nSPS) is 26.7. The molecule has 1 aliphatic carbocycles. The molecule has 2 rings (SSSR count). The van der Waals surface area contributed by atoms with Crippen molar-refractivity contribution in [1.29, 1.82) is 0 Å². The molecule has 0 aromatic rings. The minimum absolute atomic E-state index is 0.207. The Bertz CT molecular complexity index is 352. The van der Waals surface area contributed by atoms with Crippen LogP contribution in [0, 0.1) is 5.41 Å². The van der Waals surface area contributed by atoms with Crippen LogP contribution in [0.15, 0.2) is 0 Å². The number of carbonyl (C=O) groups is 2. The van der Waals surface area contributed by atoms with E-state index in [1.54, 1.807) is 11.9 Å². The highest BCUT2D eigenvalue weighted by Gasteiger charge is 2.52. The number of nitrogens with zero attached hydrogens (tertiary/aromatic N) is 2. The fourth-order valence-electron chi connectivity index (χ4n) is 3.02. The number of rotatable bonds is 4. The predicted octanol–water partition coefficient (Wildman–Crippen LogP) is 0.794. The van der Waals surface area contributed by atoms with Crippen LogP contribution in [-0.4, -0.2) is 60.0 Å². The number of carboxylic acid groups (broad SMARTS) is 1. The lowest BCUT2D eigenvalue weighted by atomic mass is 9.68. The van der Waals surface area contributed by atoms with Crippen molar-refractivity contribution < 1.29 is 14.7 Å². The molecule has 2 fully saturated rings. The molecule has 18 heavy (non-hydrogen) atoms. The van der Waals surface area contributed by atoms with Crippen LogP contribution < -0.4 is 0 Å². The monoisotopic (exact) mass is 254 g/mol. The Morgan fingerprint density at radius 1 is 1.39 bits per heavy atom. The van der Waals surface area contributed by atoms with Crippen molar-refractivity contribution in [2.75, 3.05) is 27.2 Å². The van der Waals surface area contributed by atoms with Gasteiger partial charge >= 0.3 is 5.97 Å². The largest absolute Gasteiger partial charge is 0.480 e. The van der Waals surface area contributed by atoms with E-state index in [1.807, 2.05) is 0 Å². The second-order valence-electron chi connectivity index (χ2n) is 5.70. The maximum atomic E-state index is 12.3. The van der Waals surface area contributed by atoms with Gasteiger partial charge in [0, 0.05) is 19.6 Å². The molecule has 1 aliphatic heterocycles. The first-order valence-corrected chi connectivity index (χ1v) is 6.66. The van der Waals surface area contributed by atoms with Crippen molar-refractivity contribution in [2.24, 2.45) is 5.41 Å². The zero-order valence-corrected chi connectivity index (χ0v) is 11.2. The number of carbonyl (C=O) groups excluding carboxylic acids is 1. The maximum Gasteiger partial charge on any atom is 0.319 e. The summed E-state index contributed by atoms with van der Waals surface area (Å²) in [6.45, 7) is 1.71. The van der Waals surface area contributed by atoms with E-state index in [0.717, 1.165) is 25.8 Å². The Kier molecular flexibility index (Phi) is 3.61. The molecule has 5 heteroatoms. The number of aliphatic carboxylic acids is 1. The van der Waals surface area contributed by atoms with Gasteiger partial charge in [0.1, 0.15) is 5.41 Å². The molecule has 0 bridgehead atoms. The second-order valence-corrected chi connectivity index (χ2v) is 5.70. The van der Waals surface area contributed by atoms with Crippen molar-refractivity contribution in [3.8, 4) is 0 Å². The van der Waals surface area contributed by atoms with Crippen molar-refractivity contribution >= 4 is 11.9 Å². The van der Waals surface area contributed by atoms with E-state index < -0.39 is 11.4 Å². The third kappa shape index (κ3) is 2.11. The van der Waals surface area contributed by atoms with Crippen LogP contribution >= 0.6 is 0 Å². The molecule has 102 valence electrons. The van der Waals surface area contributed by atoms with Gasteiger partial charge in [-0.1, -0.05) is 6.42 Å². The number of likely N-dealkylation sites (N-methyl/N-ethyl adjacent to an activating group) is 2. The molecule has 0 aromatic carbocycles. The van der Waals surface area contributed by atoms with Crippen molar-refractivity contribution in [1.82, 2.24) is 9.80 Å². The maximum absolute atomic E-state index is 12.3. The summed E-state index contributed by atoms with van der Waals surface area (Å²) < 4.78 is 0. The van der Waals surface area contributed by atoms with Gasteiger partial charge in [-0.3, -0.25) is 9.59 Å². The third-order valence-electron chi connectivity index (χ3n) is 4.53. The molecule has 0 radical (unpaired) electrons. The van der Waals surface area contributed by atoms with E-state index in [-0.39, 0.29) is 5.91 Å². The first-order chi connectivity index (χ1) is 8.47. The predicted molar refractivity (Wildman–Crippen MR) is 67.2 cm³/mol. The van der Waals surface area contributed by atoms with Crippen LogP contribution in [0.25, 0.3) is 0 Å². The van der Waals surface area contributed by atoms with Gasteiger partial charge in [-0.15, -0.1) is 0 Å². The number of amides is 1. The molecule has 2 aliphatic rings. The fraction of sp³-hybridized carbons (Fsp3) is 0.846. The Morgan fingerprint density at radius 2 is 2.06 bits per heavy atom. The summed E-state index contributed by atoms with van der Waals surface area (Å²) in [4.78, 5) is 27.5. The minimum atomic E-state index is -1.12. The highest BCUT2D eigenvalue weighted by atomic mass is 16.4. The molecule has 5 nitrogen and oxygen atoms in total. The summed E-state index contributed by atoms with van der Waals surface area (Å²) in [6, 6.07) is 0.380. The number of carboxylic acids is 1. The molecule has 1 amide bonds. The SMILES string of the molecule is CN(CC1CCCN1C)C(=O)C1(C(=O)O)CCC1. The molecule has 1 N–H and O–H groups in total. The molecule has 1 saturated carbocycles. The zero-order valence-electron chi connectivity index (χ0n) is 11.2. The average molecular weight is 254 g/mol. The van der Waals surface area contributed by atoms with E-state index in [0.29, 0.717) is 25.4 Å². The summed E-state index contributed by atoms with van der Waals surface area (Å²) in [5, 5.41) is 9.26. The van der Waals surface area contributed by atoms with Crippen LogP contribution in [0.4, 0.5) is 0 Å². The molecular weight excluding hydrogens is 232 g/mol. The number of likely N-dealkylation sites (tertiary alicyclic amines) is 1. The smallest absolute Gasteiger partial charge is 0.319 e. The molecule has 1 heterocycles. The van der Waals surface area contributed by atoms with Crippen LogP contribution in [0.3, 0.4) is 0 Å². The molecule has 1 atom stereocenters. The van der Waals surface area contributed by atoms with Crippen LogP contribution in [0.2, 0.25) is 0 Å². The van der Waals surface area contributed by atoms with Crippen LogP contribution in [0.5, 0.6) is 0 Å². The molecule has 0 aromatic heterocycles. The Balaban J connectivity index is 1.98. The van der Waals surface area contributed by atoms with Crippen molar-refractivity contribution in [3.05, 3.63) is 0 Å². The lowest BCUT2D eigenvalue weighted by molar-refractivity contribution is -0.167. The lowest BCUT2D eigenvalue weighted by Crippen LogP contribution is -2.53.